The van der Waals surface area contributed by atoms with E-state index in [0.717, 1.165) is 30.8 Å². The molecule has 1 atom stereocenters. The predicted octanol–water partition coefficient (Wildman–Crippen LogP) is 1.35. The van der Waals surface area contributed by atoms with Crippen LogP contribution in [0.3, 0.4) is 0 Å². The van der Waals surface area contributed by atoms with Crippen LogP contribution in [0.2, 0.25) is 0 Å². The number of benzene rings is 1. The van der Waals surface area contributed by atoms with Crippen molar-refractivity contribution < 1.29 is 13.2 Å². The fourth-order valence-corrected chi connectivity index (χ4v) is 2.93. The number of aryl methyl sites for hydroxylation is 1. The quantitative estimate of drug-likeness (QED) is 0.805. The normalized spacial score (nSPS) is 19.0. The van der Waals surface area contributed by atoms with Crippen LogP contribution in [0.15, 0.2) is 18.2 Å². The molecule has 0 saturated heterocycles. The van der Waals surface area contributed by atoms with E-state index < -0.39 is 10.0 Å². The van der Waals surface area contributed by atoms with Gasteiger partial charge in [0.1, 0.15) is 5.75 Å². The Hall–Kier alpha value is -1.11. The maximum atomic E-state index is 11.0. The number of fused-ring (bicyclic) bond motifs is 1. The van der Waals surface area contributed by atoms with E-state index in [-0.39, 0.29) is 6.04 Å². The number of sulfonamides is 1. The molecule has 0 aliphatic carbocycles. The zero-order valence-corrected chi connectivity index (χ0v) is 12.8. The van der Waals surface area contributed by atoms with Gasteiger partial charge in [-0.15, -0.1) is 0 Å². The number of nitrogens with one attached hydrogen (secondary N) is 2. The third kappa shape index (κ3) is 4.19. The summed E-state index contributed by atoms with van der Waals surface area (Å²) >= 11 is 0. The molecule has 0 bridgehead atoms. The molecule has 0 spiro atoms. The van der Waals surface area contributed by atoms with Crippen LogP contribution in [0.4, 0.5) is 0 Å². The molecule has 5 nitrogen and oxygen atoms in total. The summed E-state index contributed by atoms with van der Waals surface area (Å²) < 4.78 is 30.4. The molecule has 112 valence electrons. The molecular weight excluding hydrogens is 276 g/mol. The van der Waals surface area contributed by atoms with Gasteiger partial charge in [0.25, 0.3) is 0 Å². The Bertz CT molecular complexity index is 558. The number of ether oxygens (including phenoxy) is 1. The Morgan fingerprint density at radius 1 is 1.35 bits per heavy atom. The second-order valence-corrected chi connectivity index (χ2v) is 6.99. The molecule has 1 aromatic carbocycles. The zero-order chi connectivity index (χ0) is 14.6. The Labute approximate surface area is 120 Å². The first-order valence-electron chi connectivity index (χ1n) is 6.88. The molecule has 6 heteroatoms. The number of para-hydroxylation sites is 1. The molecule has 0 saturated carbocycles. The fraction of sp³-hybridized carbons (Fsp3) is 0.571. The molecule has 0 amide bonds. The smallest absolute Gasteiger partial charge is 0.208 e. The third-order valence-corrected chi connectivity index (χ3v) is 4.11. The van der Waals surface area contributed by atoms with Crippen molar-refractivity contribution in [1.29, 1.82) is 0 Å². The molecule has 20 heavy (non-hydrogen) atoms. The van der Waals surface area contributed by atoms with Gasteiger partial charge in [0.2, 0.25) is 10.0 Å². The summed E-state index contributed by atoms with van der Waals surface area (Å²) in [6.45, 7) is 3.78. The largest absolute Gasteiger partial charge is 0.493 e. The van der Waals surface area contributed by atoms with E-state index in [2.05, 4.69) is 16.1 Å². The standard InChI is InChI=1S/C14H22N2O3S/c1-11-5-3-6-12-13(7-4-10-19-14(11)12)15-8-9-16-20(2,17)18/h3,5-6,13,15-16H,4,7-10H2,1-2H3. The van der Waals surface area contributed by atoms with Crippen molar-refractivity contribution in [3.8, 4) is 5.75 Å². The van der Waals surface area contributed by atoms with Crippen LogP contribution in [0.1, 0.15) is 30.0 Å². The second kappa shape index (κ2) is 6.56. The summed E-state index contributed by atoms with van der Waals surface area (Å²) in [6.07, 6.45) is 3.16. The Morgan fingerprint density at radius 3 is 2.90 bits per heavy atom. The van der Waals surface area contributed by atoms with E-state index in [9.17, 15) is 8.42 Å². The average molecular weight is 298 g/mol. The van der Waals surface area contributed by atoms with Gasteiger partial charge in [-0.25, -0.2) is 13.1 Å². The lowest BCUT2D eigenvalue weighted by Gasteiger charge is -2.19. The van der Waals surface area contributed by atoms with E-state index in [0.29, 0.717) is 13.1 Å². The van der Waals surface area contributed by atoms with Crippen molar-refractivity contribution in [2.75, 3.05) is 26.0 Å². The first kappa shape index (κ1) is 15.3. The monoisotopic (exact) mass is 298 g/mol. The fourth-order valence-electron chi connectivity index (χ4n) is 2.46. The third-order valence-electron chi connectivity index (χ3n) is 3.38. The highest BCUT2D eigenvalue weighted by Crippen LogP contribution is 2.33. The van der Waals surface area contributed by atoms with Crippen molar-refractivity contribution >= 4 is 10.0 Å². The SMILES string of the molecule is Cc1cccc2c1OCCCC2NCCNS(C)(=O)=O. The minimum absolute atomic E-state index is 0.216. The van der Waals surface area contributed by atoms with Crippen LogP contribution in [0.25, 0.3) is 0 Å². The van der Waals surface area contributed by atoms with Crippen LogP contribution in [0, 0.1) is 6.92 Å². The maximum Gasteiger partial charge on any atom is 0.208 e. The van der Waals surface area contributed by atoms with Gasteiger partial charge in [-0.2, -0.15) is 0 Å². The molecule has 1 heterocycles. The first-order valence-corrected chi connectivity index (χ1v) is 8.77. The van der Waals surface area contributed by atoms with E-state index >= 15 is 0 Å². The van der Waals surface area contributed by atoms with Crippen molar-refractivity contribution in [3.63, 3.8) is 0 Å². The summed E-state index contributed by atoms with van der Waals surface area (Å²) in [5.74, 6) is 0.971. The van der Waals surface area contributed by atoms with Gasteiger partial charge in [0.05, 0.1) is 12.9 Å². The Kier molecular flexibility index (Phi) is 5.01. The van der Waals surface area contributed by atoms with Crippen molar-refractivity contribution in [3.05, 3.63) is 29.3 Å². The lowest BCUT2D eigenvalue weighted by atomic mass is 10.00. The molecule has 1 unspecified atom stereocenters. The molecular formula is C14H22N2O3S. The van der Waals surface area contributed by atoms with Crippen molar-refractivity contribution in [2.24, 2.45) is 0 Å². The Balaban J connectivity index is 2.00. The van der Waals surface area contributed by atoms with Gasteiger partial charge < -0.3 is 10.1 Å². The molecule has 1 aromatic rings. The highest BCUT2D eigenvalue weighted by atomic mass is 32.2. The van der Waals surface area contributed by atoms with Gasteiger partial charge in [-0.1, -0.05) is 18.2 Å². The number of hydrogen-bond donors (Lipinski definition) is 2. The van der Waals surface area contributed by atoms with E-state index in [1.807, 2.05) is 19.1 Å². The minimum Gasteiger partial charge on any atom is -0.493 e. The van der Waals surface area contributed by atoms with Crippen molar-refractivity contribution in [2.45, 2.75) is 25.8 Å². The number of hydrogen-bond acceptors (Lipinski definition) is 4. The lowest BCUT2D eigenvalue weighted by molar-refractivity contribution is 0.313. The number of rotatable bonds is 5. The average Bonchev–Trinajstić information content (AvgIpc) is 2.57. The van der Waals surface area contributed by atoms with Crippen LogP contribution in [-0.4, -0.2) is 34.4 Å². The topological polar surface area (TPSA) is 67.4 Å². The van der Waals surface area contributed by atoms with E-state index in [1.165, 1.54) is 11.8 Å². The van der Waals surface area contributed by atoms with Crippen LogP contribution in [-0.2, 0) is 10.0 Å². The van der Waals surface area contributed by atoms with E-state index in [1.54, 1.807) is 0 Å². The van der Waals surface area contributed by atoms with Gasteiger partial charge in [-0.05, 0) is 25.3 Å². The molecule has 2 N–H and O–H groups in total. The molecule has 1 aliphatic heterocycles. The minimum atomic E-state index is -3.12. The highest BCUT2D eigenvalue weighted by molar-refractivity contribution is 7.88. The van der Waals surface area contributed by atoms with Crippen LogP contribution >= 0.6 is 0 Å². The van der Waals surface area contributed by atoms with E-state index in [4.69, 9.17) is 4.74 Å². The van der Waals surface area contributed by atoms with Crippen molar-refractivity contribution in [1.82, 2.24) is 10.0 Å². The van der Waals surface area contributed by atoms with Gasteiger partial charge in [0, 0.05) is 24.7 Å². The van der Waals surface area contributed by atoms with Gasteiger partial charge in [0.15, 0.2) is 0 Å². The second-order valence-electron chi connectivity index (χ2n) is 5.16. The molecule has 0 aromatic heterocycles. The molecule has 0 fully saturated rings. The molecule has 1 aliphatic rings. The lowest BCUT2D eigenvalue weighted by Crippen LogP contribution is -2.33. The first-order chi connectivity index (χ1) is 9.47. The summed E-state index contributed by atoms with van der Waals surface area (Å²) in [5, 5.41) is 3.41. The zero-order valence-electron chi connectivity index (χ0n) is 12.0. The highest BCUT2D eigenvalue weighted by Gasteiger charge is 2.20. The Morgan fingerprint density at radius 2 is 2.15 bits per heavy atom. The van der Waals surface area contributed by atoms with Gasteiger partial charge in [-0.3, -0.25) is 0 Å². The molecule has 0 radical (unpaired) electrons. The maximum absolute atomic E-state index is 11.0. The summed E-state index contributed by atoms with van der Waals surface area (Å²) in [5.41, 5.74) is 2.31. The summed E-state index contributed by atoms with van der Waals surface area (Å²) in [4.78, 5) is 0. The van der Waals surface area contributed by atoms with Gasteiger partial charge >= 0.3 is 0 Å². The summed E-state index contributed by atoms with van der Waals surface area (Å²) in [7, 11) is -3.12. The van der Waals surface area contributed by atoms with Crippen LogP contribution < -0.4 is 14.8 Å². The summed E-state index contributed by atoms with van der Waals surface area (Å²) in [6, 6.07) is 6.38. The molecule has 2 rings (SSSR count). The van der Waals surface area contributed by atoms with Crippen LogP contribution in [0.5, 0.6) is 5.75 Å². The predicted molar refractivity (Wildman–Crippen MR) is 79.5 cm³/mol.